The summed E-state index contributed by atoms with van der Waals surface area (Å²) in [5, 5.41) is 0. The van der Waals surface area contributed by atoms with Gasteiger partial charge in [-0.15, -0.1) is 0 Å². The molecule has 0 bridgehead atoms. The molecule has 1 unspecified atom stereocenters. The van der Waals surface area contributed by atoms with E-state index in [-0.39, 0.29) is 11.9 Å². The van der Waals surface area contributed by atoms with Crippen LogP contribution in [-0.4, -0.2) is 5.97 Å². The summed E-state index contributed by atoms with van der Waals surface area (Å²) in [6.07, 6.45) is 2.37. The van der Waals surface area contributed by atoms with Crippen molar-refractivity contribution < 1.29 is 9.53 Å². The van der Waals surface area contributed by atoms with Gasteiger partial charge in [0.25, 0.3) is 0 Å². The summed E-state index contributed by atoms with van der Waals surface area (Å²) in [7, 11) is 0. The zero-order chi connectivity index (χ0) is 13.9. The van der Waals surface area contributed by atoms with E-state index in [1.54, 1.807) is 0 Å². The van der Waals surface area contributed by atoms with Gasteiger partial charge in [-0.05, 0) is 24.1 Å². The maximum Gasteiger partial charge on any atom is 0.311 e. The number of ether oxygens (including phenoxy) is 1. The molecule has 1 atom stereocenters. The van der Waals surface area contributed by atoms with Crippen molar-refractivity contribution in [2.45, 2.75) is 19.3 Å². The van der Waals surface area contributed by atoms with E-state index in [9.17, 15) is 4.79 Å². The zero-order valence-electron chi connectivity index (χ0n) is 11.4. The maximum atomic E-state index is 11.6. The highest BCUT2D eigenvalue weighted by molar-refractivity contribution is 5.78. The first-order chi connectivity index (χ1) is 9.72. The highest BCUT2D eigenvalue weighted by Crippen LogP contribution is 2.36. The number of carbonyl (C=O) groups is 1. The maximum absolute atomic E-state index is 11.6. The lowest BCUT2D eigenvalue weighted by Gasteiger charge is -2.10. The Balaban J connectivity index is 1.95. The van der Waals surface area contributed by atoms with E-state index in [0.717, 1.165) is 16.9 Å². The van der Waals surface area contributed by atoms with Gasteiger partial charge < -0.3 is 4.74 Å². The number of rotatable bonds is 2. The Labute approximate surface area is 118 Å². The van der Waals surface area contributed by atoms with E-state index >= 15 is 0 Å². The van der Waals surface area contributed by atoms with Crippen LogP contribution in [0.2, 0.25) is 0 Å². The summed E-state index contributed by atoms with van der Waals surface area (Å²) in [5.41, 5.74) is 3.39. The van der Waals surface area contributed by atoms with Crippen molar-refractivity contribution >= 4 is 12.0 Å². The van der Waals surface area contributed by atoms with Gasteiger partial charge in [0.15, 0.2) is 0 Å². The smallest absolute Gasteiger partial charge is 0.311 e. The van der Waals surface area contributed by atoms with Gasteiger partial charge in [-0.25, -0.2) is 0 Å². The van der Waals surface area contributed by atoms with Gasteiger partial charge >= 0.3 is 5.97 Å². The molecule has 1 heterocycles. The molecule has 1 saturated heterocycles. The fourth-order valence-electron chi connectivity index (χ4n) is 2.44. The first-order valence-electron chi connectivity index (χ1n) is 6.76. The second-order valence-corrected chi connectivity index (χ2v) is 5.10. The van der Waals surface area contributed by atoms with E-state index in [4.69, 9.17) is 4.74 Å². The third-order valence-corrected chi connectivity index (χ3v) is 3.53. The van der Waals surface area contributed by atoms with Gasteiger partial charge in [-0.3, -0.25) is 4.79 Å². The van der Waals surface area contributed by atoms with E-state index in [1.165, 1.54) is 5.56 Å². The molecule has 0 radical (unpaired) electrons. The molecule has 0 aliphatic carbocycles. The van der Waals surface area contributed by atoms with Gasteiger partial charge in [0.05, 0.1) is 12.3 Å². The van der Waals surface area contributed by atoms with Gasteiger partial charge in [-0.2, -0.15) is 0 Å². The van der Waals surface area contributed by atoms with Crippen molar-refractivity contribution in [3.05, 3.63) is 77.0 Å². The van der Waals surface area contributed by atoms with E-state index in [2.05, 4.69) is 31.2 Å². The summed E-state index contributed by atoms with van der Waals surface area (Å²) in [6.45, 7) is 2.06. The molecule has 100 valence electrons. The number of benzene rings is 2. The van der Waals surface area contributed by atoms with Crippen LogP contribution in [0, 0.1) is 6.92 Å². The molecule has 1 fully saturated rings. The Morgan fingerprint density at radius 1 is 1.05 bits per heavy atom. The van der Waals surface area contributed by atoms with E-state index in [0.29, 0.717) is 6.42 Å². The van der Waals surface area contributed by atoms with Crippen molar-refractivity contribution in [2.24, 2.45) is 0 Å². The van der Waals surface area contributed by atoms with Crippen LogP contribution < -0.4 is 0 Å². The number of cyclic esters (lactones) is 1. The Hall–Kier alpha value is -2.35. The third kappa shape index (κ3) is 2.64. The molecule has 2 heteroatoms. The largest absolute Gasteiger partial charge is 0.430 e. The minimum atomic E-state index is -0.155. The third-order valence-electron chi connectivity index (χ3n) is 3.53. The second kappa shape index (κ2) is 5.33. The van der Waals surface area contributed by atoms with Crippen LogP contribution >= 0.6 is 0 Å². The summed E-state index contributed by atoms with van der Waals surface area (Å²) >= 11 is 0. The van der Waals surface area contributed by atoms with Gasteiger partial charge in [0.2, 0.25) is 0 Å². The topological polar surface area (TPSA) is 26.3 Å². The first kappa shape index (κ1) is 12.7. The first-order valence-corrected chi connectivity index (χ1v) is 6.76. The molecule has 0 N–H and O–H groups in total. The van der Waals surface area contributed by atoms with Gasteiger partial charge in [0, 0.05) is 0 Å². The van der Waals surface area contributed by atoms with E-state index in [1.807, 2.05) is 36.4 Å². The lowest BCUT2D eigenvalue weighted by atomic mass is 9.94. The normalized spacial score (nSPS) is 20.1. The molecular formula is C18H16O2. The van der Waals surface area contributed by atoms with Crippen molar-refractivity contribution in [1.82, 2.24) is 0 Å². The van der Waals surface area contributed by atoms with Crippen LogP contribution in [-0.2, 0) is 9.53 Å². The molecule has 0 saturated carbocycles. The summed E-state index contributed by atoms with van der Waals surface area (Å²) in [4.78, 5) is 11.6. The zero-order valence-corrected chi connectivity index (χ0v) is 11.4. The predicted molar refractivity (Wildman–Crippen MR) is 79.0 cm³/mol. The average Bonchev–Trinajstić information content (AvgIpc) is 2.81. The SMILES string of the molecule is Cc1ccc(C2CC(=O)O/C2=C\c2ccccc2)cc1. The van der Waals surface area contributed by atoms with Crippen molar-refractivity contribution in [2.75, 3.05) is 0 Å². The van der Waals surface area contributed by atoms with Gasteiger partial charge in [0.1, 0.15) is 5.76 Å². The molecule has 1 aliphatic rings. The Morgan fingerprint density at radius 3 is 2.45 bits per heavy atom. The lowest BCUT2D eigenvalue weighted by Crippen LogP contribution is -1.96. The molecule has 2 aromatic carbocycles. The number of esters is 1. The molecule has 20 heavy (non-hydrogen) atoms. The number of aryl methyl sites for hydroxylation is 1. The van der Waals surface area contributed by atoms with Crippen LogP contribution in [0.4, 0.5) is 0 Å². The summed E-state index contributed by atoms with van der Waals surface area (Å²) < 4.78 is 5.38. The molecule has 0 amide bonds. The second-order valence-electron chi connectivity index (χ2n) is 5.10. The number of carbonyl (C=O) groups excluding carboxylic acids is 1. The molecule has 3 rings (SSSR count). The fraction of sp³-hybridized carbons (Fsp3) is 0.167. The van der Waals surface area contributed by atoms with Crippen molar-refractivity contribution in [3.63, 3.8) is 0 Å². The minimum absolute atomic E-state index is 0.0308. The molecule has 2 nitrogen and oxygen atoms in total. The van der Waals surface area contributed by atoms with Crippen LogP contribution in [0.25, 0.3) is 6.08 Å². The minimum Gasteiger partial charge on any atom is -0.430 e. The molecule has 1 aliphatic heterocycles. The number of hydrogen-bond acceptors (Lipinski definition) is 2. The fourth-order valence-corrected chi connectivity index (χ4v) is 2.44. The van der Waals surface area contributed by atoms with Crippen LogP contribution in [0.15, 0.2) is 60.4 Å². The Kier molecular flexibility index (Phi) is 3.38. The summed E-state index contributed by atoms with van der Waals surface area (Å²) in [5.74, 6) is 0.617. The van der Waals surface area contributed by atoms with E-state index < -0.39 is 0 Å². The van der Waals surface area contributed by atoms with Crippen LogP contribution in [0.1, 0.15) is 29.0 Å². The monoisotopic (exact) mass is 264 g/mol. The van der Waals surface area contributed by atoms with Crippen molar-refractivity contribution in [3.8, 4) is 0 Å². The molecule has 0 spiro atoms. The standard InChI is InChI=1S/C18H16O2/c1-13-7-9-15(10-8-13)16-12-18(19)20-17(16)11-14-5-3-2-4-6-14/h2-11,16H,12H2,1H3/b17-11-. The molecular weight excluding hydrogens is 248 g/mol. The van der Waals surface area contributed by atoms with Gasteiger partial charge in [-0.1, -0.05) is 60.2 Å². The predicted octanol–water partition coefficient (Wildman–Crippen LogP) is 4.07. The lowest BCUT2D eigenvalue weighted by molar-refractivity contribution is -0.135. The highest BCUT2D eigenvalue weighted by atomic mass is 16.5. The van der Waals surface area contributed by atoms with Crippen LogP contribution in [0.3, 0.4) is 0 Å². The Bertz CT molecular complexity index is 639. The molecule has 2 aromatic rings. The number of hydrogen-bond donors (Lipinski definition) is 0. The quantitative estimate of drug-likeness (QED) is 0.764. The highest BCUT2D eigenvalue weighted by Gasteiger charge is 2.30. The Morgan fingerprint density at radius 2 is 1.75 bits per heavy atom. The van der Waals surface area contributed by atoms with Crippen LogP contribution in [0.5, 0.6) is 0 Å². The summed E-state index contributed by atoms with van der Waals surface area (Å²) in [6, 6.07) is 18.2. The van der Waals surface area contributed by atoms with Crippen molar-refractivity contribution in [1.29, 1.82) is 0 Å². The molecule has 0 aromatic heterocycles. The number of allylic oxidation sites excluding steroid dienone is 1. The average molecular weight is 264 g/mol.